The highest BCUT2D eigenvalue weighted by Gasteiger charge is 2.37. The molecule has 0 aliphatic carbocycles. The lowest BCUT2D eigenvalue weighted by Crippen LogP contribution is -2.33. The fourth-order valence-electron chi connectivity index (χ4n) is 4.72. The van der Waals surface area contributed by atoms with Crippen molar-refractivity contribution in [2.75, 3.05) is 18.6 Å². The standard InChI is InChI=1S/C24H26N6O3/c1-15-17-13-21(31)30(14-16-7-4-5-9-20(16)33-3)23(17)27-22(26-15)18-8-6-12-29(18)24(32)19-10-11-25-28(19)2/h4-5,7,9-11,18H,6,8,12-14H2,1-3H3/t18-/m0/s1. The van der Waals surface area contributed by atoms with Crippen LogP contribution in [0.4, 0.5) is 5.82 Å². The molecule has 2 aliphatic heterocycles. The fraction of sp³-hybridized carbons (Fsp3) is 0.375. The summed E-state index contributed by atoms with van der Waals surface area (Å²) in [4.78, 5) is 39.2. The van der Waals surface area contributed by atoms with E-state index in [1.54, 1.807) is 36.0 Å². The molecular formula is C24H26N6O3. The highest BCUT2D eigenvalue weighted by molar-refractivity contribution is 6.00. The van der Waals surface area contributed by atoms with Crippen molar-refractivity contribution in [1.29, 1.82) is 0 Å². The molecule has 0 radical (unpaired) electrons. The molecule has 4 heterocycles. The SMILES string of the molecule is COc1ccccc1CN1C(=O)Cc2c(C)nc([C@@H]3CCCN3C(=O)c3ccnn3C)nc21. The first-order valence-corrected chi connectivity index (χ1v) is 11.1. The van der Waals surface area contributed by atoms with E-state index in [-0.39, 0.29) is 24.3 Å². The van der Waals surface area contributed by atoms with Crippen LogP contribution in [0.3, 0.4) is 0 Å². The van der Waals surface area contributed by atoms with E-state index in [9.17, 15) is 9.59 Å². The molecule has 5 rings (SSSR count). The molecule has 0 unspecified atom stereocenters. The molecule has 1 atom stereocenters. The van der Waals surface area contributed by atoms with Crippen molar-refractivity contribution in [3.63, 3.8) is 0 Å². The first kappa shape index (κ1) is 21.1. The quantitative estimate of drug-likeness (QED) is 0.598. The zero-order chi connectivity index (χ0) is 23.1. The van der Waals surface area contributed by atoms with Crippen LogP contribution in [0.2, 0.25) is 0 Å². The molecule has 33 heavy (non-hydrogen) atoms. The highest BCUT2D eigenvalue weighted by Crippen LogP contribution is 2.36. The normalized spacial score (nSPS) is 17.5. The molecular weight excluding hydrogens is 420 g/mol. The Bertz CT molecular complexity index is 1240. The van der Waals surface area contributed by atoms with Gasteiger partial charge in [-0.25, -0.2) is 9.97 Å². The summed E-state index contributed by atoms with van der Waals surface area (Å²) in [7, 11) is 3.38. The molecule has 2 amide bonds. The second kappa shape index (κ2) is 8.31. The Kier molecular flexibility index (Phi) is 5.32. The summed E-state index contributed by atoms with van der Waals surface area (Å²) < 4.78 is 7.05. The maximum absolute atomic E-state index is 13.2. The number of benzene rings is 1. The molecule has 0 spiro atoms. The van der Waals surface area contributed by atoms with E-state index in [4.69, 9.17) is 14.7 Å². The Morgan fingerprint density at radius 1 is 1.21 bits per heavy atom. The lowest BCUT2D eigenvalue weighted by molar-refractivity contribution is -0.117. The Balaban J connectivity index is 1.49. The van der Waals surface area contributed by atoms with Gasteiger partial charge in [0.1, 0.15) is 17.3 Å². The van der Waals surface area contributed by atoms with Crippen LogP contribution in [-0.2, 0) is 24.8 Å². The zero-order valence-corrected chi connectivity index (χ0v) is 19.0. The Morgan fingerprint density at radius 3 is 2.79 bits per heavy atom. The number of carbonyl (C=O) groups is 2. The number of ether oxygens (including phenoxy) is 1. The number of aromatic nitrogens is 4. The third kappa shape index (κ3) is 3.63. The van der Waals surface area contributed by atoms with Gasteiger partial charge in [-0.2, -0.15) is 5.10 Å². The van der Waals surface area contributed by atoms with Crippen LogP contribution in [0.15, 0.2) is 36.5 Å². The summed E-state index contributed by atoms with van der Waals surface area (Å²) in [5.41, 5.74) is 3.08. The molecule has 9 nitrogen and oxygen atoms in total. The number of nitrogens with zero attached hydrogens (tertiary/aromatic N) is 6. The Morgan fingerprint density at radius 2 is 2.03 bits per heavy atom. The number of amides is 2. The number of likely N-dealkylation sites (tertiary alicyclic amines) is 1. The molecule has 170 valence electrons. The molecule has 1 saturated heterocycles. The number of anilines is 1. The maximum Gasteiger partial charge on any atom is 0.272 e. The smallest absolute Gasteiger partial charge is 0.272 e. The number of fused-ring (bicyclic) bond motifs is 1. The molecule has 0 bridgehead atoms. The molecule has 2 aromatic heterocycles. The molecule has 2 aliphatic rings. The van der Waals surface area contributed by atoms with Gasteiger partial charge in [0.15, 0.2) is 5.82 Å². The van der Waals surface area contributed by atoms with Gasteiger partial charge < -0.3 is 9.64 Å². The third-order valence-electron chi connectivity index (χ3n) is 6.47. The highest BCUT2D eigenvalue weighted by atomic mass is 16.5. The fourth-order valence-corrected chi connectivity index (χ4v) is 4.72. The van der Waals surface area contributed by atoms with E-state index in [1.165, 1.54) is 0 Å². The van der Waals surface area contributed by atoms with E-state index >= 15 is 0 Å². The van der Waals surface area contributed by atoms with E-state index in [1.807, 2.05) is 36.1 Å². The second-order valence-electron chi connectivity index (χ2n) is 8.43. The van der Waals surface area contributed by atoms with Crippen LogP contribution >= 0.6 is 0 Å². The van der Waals surface area contributed by atoms with Crippen molar-refractivity contribution in [1.82, 2.24) is 24.6 Å². The van der Waals surface area contributed by atoms with Gasteiger partial charge in [0.05, 0.1) is 26.1 Å². The number of hydrogen-bond acceptors (Lipinski definition) is 6. The minimum Gasteiger partial charge on any atom is -0.496 e. The predicted octanol–water partition coefficient (Wildman–Crippen LogP) is 2.59. The van der Waals surface area contributed by atoms with Crippen molar-refractivity contribution in [3.8, 4) is 5.75 Å². The Labute approximate surface area is 192 Å². The average Bonchev–Trinajstić information content (AvgIpc) is 3.54. The summed E-state index contributed by atoms with van der Waals surface area (Å²) in [6.45, 7) is 2.91. The van der Waals surface area contributed by atoms with Crippen molar-refractivity contribution in [3.05, 3.63) is 64.9 Å². The van der Waals surface area contributed by atoms with Crippen molar-refractivity contribution < 1.29 is 14.3 Å². The Hall–Kier alpha value is -3.75. The summed E-state index contributed by atoms with van der Waals surface area (Å²) in [5, 5.41) is 4.12. The van der Waals surface area contributed by atoms with Gasteiger partial charge in [-0.15, -0.1) is 0 Å². The van der Waals surface area contributed by atoms with Gasteiger partial charge >= 0.3 is 0 Å². The van der Waals surface area contributed by atoms with Gasteiger partial charge in [0, 0.05) is 36.6 Å². The maximum atomic E-state index is 13.2. The second-order valence-corrected chi connectivity index (χ2v) is 8.43. The number of carbonyl (C=O) groups excluding carboxylic acids is 2. The molecule has 9 heteroatoms. The van der Waals surface area contributed by atoms with Crippen LogP contribution < -0.4 is 9.64 Å². The van der Waals surface area contributed by atoms with Gasteiger partial charge in [0.25, 0.3) is 5.91 Å². The minimum atomic E-state index is -0.236. The van der Waals surface area contributed by atoms with E-state index in [2.05, 4.69) is 5.10 Å². The first-order chi connectivity index (χ1) is 16.0. The lowest BCUT2D eigenvalue weighted by Gasteiger charge is -2.25. The molecule has 1 aromatic carbocycles. The number of rotatable bonds is 5. The van der Waals surface area contributed by atoms with Crippen molar-refractivity contribution in [2.45, 2.75) is 38.8 Å². The molecule has 1 fully saturated rings. The number of methoxy groups -OCH3 is 1. The van der Waals surface area contributed by atoms with E-state index < -0.39 is 0 Å². The van der Waals surface area contributed by atoms with Gasteiger partial charge in [-0.05, 0) is 31.9 Å². The van der Waals surface area contributed by atoms with Crippen LogP contribution in [0.5, 0.6) is 5.75 Å². The van der Waals surface area contributed by atoms with Gasteiger partial charge in [-0.3, -0.25) is 19.2 Å². The minimum absolute atomic E-state index is 0.0142. The van der Waals surface area contributed by atoms with Crippen LogP contribution in [-0.4, -0.2) is 50.1 Å². The number of para-hydroxylation sites is 1. The van der Waals surface area contributed by atoms with E-state index in [0.717, 1.165) is 35.4 Å². The number of hydrogen-bond donors (Lipinski definition) is 0. The molecule has 3 aromatic rings. The van der Waals surface area contributed by atoms with Gasteiger partial charge in [0.2, 0.25) is 5.91 Å². The van der Waals surface area contributed by atoms with Crippen LogP contribution in [0, 0.1) is 6.92 Å². The zero-order valence-electron chi connectivity index (χ0n) is 19.0. The van der Waals surface area contributed by atoms with Gasteiger partial charge in [-0.1, -0.05) is 18.2 Å². The van der Waals surface area contributed by atoms with Crippen LogP contribution in [0.25, 0.3) is 0 Å². The first-order valence-electron chi connectivity index (χ1n) is 11.1. The van der Waals surface area contributed by atoms with Crippen molar-refractivity contribution in [2.24, 2.45) is 7.05 Å². The predicted molar refractivity (Wildman–Crippen MR) is 121 cm³/mol. The molecule has 0 N–H and O–H groups in total. The molecule has 0 saturated carbocycles. The third-order valence-corrected chi connectivity index (χ3v) is 6.47. The largest absolute Gasteiger partial charge is 0.496 e. The number of aryl methyl sites for hydroxylation is 2. The summed E-state index contributed by atoms with van der Waals surface area (Å²) in [5.74, 6) is 1.85. The summed E-state index contributed by atoms with van der Waals surface area (Å²) in [6.07, 6.45) is 3.55. The summed E-state index contributed by atoms with van der Waals surface area (Å²) >= 11 is 0. The summed E-state index contributed by atoms with van der Waals surface area (Å²) in [6, 6.07) is 9.15. The lowest BCUT2D eigenvalue weighted by atomic mass is 10.1. The monoisotopic (exact) mass is 446 g/mol. The van der Waals surface area contributed by atoms with Crippen LogP contribution in [0.1, 0.15) is 52.0 Å². The van der Waals surface area contributed by atoms with E-state index in [0.29, 0.717) is 30.4 Å². The topological polar surface area (TPSA) is 93.5 Å². The average molecular weight is 447 g/mol. The van der Waals surface area contributed by atoms with Crippen molar-refractivity contribution >= 4 is 17.6 Å².